The van der Waals surface area contributed by atoms with Crippen molar-refractivity contribution in [3.8, 4) is 0 Å². The number of ether oxygens (including phenoxy) is 3. The molecule has 1 aromatic rings. The number of nitrogens with zero attached hydrogens (tertiary/aromatic N) is 2. The van der Waals surface area contributed by atoms with E-state index in [1.807, 2.05) is 0 Å². The molecular formula is C25H31FN2O5. The van der Waals surface area contributed by atoms with E-state index in [0.717, 1.165) is 50.0 Å². The molecule has 7 nitrogen and oxygen atoms in total. The number of halogens is 1. The molecule has 3 aliphatic heterocycles. The Labute approximate surface area is 193 Å². The van der Waals surface area contributed by atoms with Gasteiger partial charge in [-0.05, 0) is 58.4 Å². The van der Waals surface area contributed by atoms with Crippen molar-refractivity contribution in [2.45, 2.75) is 76.4 Å². The summed E-state index contributed by atoms with van der Waals surface area (Å²) in [5.74, 6) is -0.920. The van der Waals surface area contributed by atoms with E-state index in [-0.39, 0.29) is 42.9 Å². The van der Waals surface area contributed by atoms with Gasteiger partial charge >= 0.3 is 11.9 Å². The number of carbonyl (C=O) groups is 2. The first-order valence-corrected chi connectivity index (χ1v) is 12.4. The third-order valence-electron chi connectivity index (χ3n) is 8.87. The van der Waals surface area contributed by atoms with E-state index in [1.165, 1.54) is 0 Å². The molecule has 33 heavy (non-hydrogen) atoms. The number of rotatable bonds is 5. The summed E-state index contributed by atoms with van der Waals surface area (Å²) in [6, 6.07) is 1.62. The normalized spacial score (nSPS) is 34.8. The van der Waals surface area contributed by atoms with Gasteiger partial charge in [-0.15, -0.1) is 0 Å². The molecule has 2 spiro atoms. The third-order valence-corrected chi connectivity index (χ3v) is 8.87. The molecule has 6 aliphatic rings. The first-order chi connectivity index (χ1) is 15.9. The highest BCUT2D eigenvalue weighted by atomic mass is 19.1. The fraction of sp³-hybridized carbons (Fsp3) is 0.720. The molecule has 0 amide bonds. The van der Waals surface area contributed by atoms with Crippen molar-refractivity contribution in [1.29, 1.82) is 0 Å². The highest BCUT2D eigenvalue weighted by molar-refractivity contribution is 6.00. The largest absolute Gasteiger partial charge is 0.465 e. The van der Waals surface area contributed by atoms with E-state index >= 15 is 4.39 Å². The SMILES string of the molecule is CCOC(=O)C1(C(=O)OCC)CC[C@]23C[C@@H]4O[C@@]2(C1)[C@H]3c1nc(N2CCCCC2)c(F)cc14. The fourth-order valence-electron chi connectivity index (χ4n) is 7.44. The van der Waals surface area contributed by atoms with Gasteiger partial charge in [0.2, 0.25) is 0 Å². The maximum Gasteiger partial charge on any atom is 0.323 e. The van der Waals surface area contributed by atoms with Crippen LogP contribution < -0.4 is 4.90 Å². The van der Waals surface area contributed by atoms with Crippen molar-refractivity contribution in [2.24, 2.45) is 10.8 Å². The van der Waals surface area contributed by atoms with E-state index < -0.39 is 23.0 Å². The van der Waals surface area contributed by atoms with Crippen molar-refractivity contribution >= 4 is 17.8 Å². The number of pyridine rings is 1. The average Bonchev–Trinajstić information content (AvgIpc) is 3.27. The Kier molecular flexibility index (Phi) is 4.61. The Morgan fingerprint density at radius 1 is 1.15 bits per heavy atom. The van der Waals surface area contributed by atoms with Crippen LogP contribution in [0.5, 0.6) is 0 Å². The zero-order valence-electron chi connectivity index (χ0n) is 19.3. The third kappa shape index (κ3) is 2.61. The molecule has 0 N–H and O–H groups in total. The second-order valence-corrected chi connectivity index (χ2v) is 10.3. The Morgan fingerprint density at radius 2 is 1.85 bits per heavy atom. The smallest absolute Gasteiger partial charge is 0.323 e. The highest BCUT2D eigenvalue weighted by Gasteiger charge is 2.88. The quantitative estimate of drug-likeness (QED) is 0.491. The van der Waals surface area contributed by atoms with Crippen LogP contribution in [-0.2, 0) is 23.8 Å². The molecule has 1 aromatic heterocycles. The Balaban J connectivity index is 1.39. The molecule has 4 atom stereocenters. The van der Waals surface area contributed by atoms with Gasteiger partial charge < -0.3 is 19.1 Å². The molecule has 4 bridgehead atoms. The summed E-state index contributed by atoms with van der Waals surface area (Å²) in [7, 11) is 0. The summed E-state index contributed by atoms with van der Waals surface area (Å²) < 4.78 is 32.4. The van der Waals surface area contributed by atoms with E-state index in [9.17, 15) is 9.59 Å². The molecule has 4 fully saturated rings. The standard InChI is InChI=1S/C25H31FN2O5/c1-3-31-21(29)23(22(30)32-4-2)8-9-24-13-17-15-12-16(26)20(28-10-6-5-7-11-28)27-18(15)19(24)25(24,14-23)33-17/h12,17,19H,3-11,13-14H2,1-2H3/t17-,19-,24+,25-/m0/s1. The van der Waals surface area contributed by atoms with Crippen molar-refractivity contribution < 1.29 is 28.2 Å². The minimum atomic E-state index is -1.35. The van der Waals surface area contributed by atoms with Crippen LogP contribution in [0.3, 0.4) is 0 Å². The topological polar surface area (TPSA) is 78.0 Å². The van der Waals surface area contributed by atoms with Gasteiger partial charge in [-0.3, -0.25) is 9.59 Å². The van der Waals surface area contributed by atoms with Crippen LogP contribution in [-0.4, -0.2) is 48.8 Å². The number of hydrogen-bond acceptors (Lipinski definition) is 7. The predicted molar refractivity (Wildman–Crippen MR) is 116 cm³/mol. The molecule has 7 rings (SSSR count). The predicted octanol–water partition coefficient (Wildman–Crippen LogP) is 3.80. The fourth-order valence-corrected chi connectivity index (χ4v) is 7.44. The van der Waals surface area contributed by atoms with Gasteiger partial charge in [-0.25, -0.2) is 9.37 Å². The summed E-state index contributed by atoms with van der Waals surface area (Å²) in [6.45, 7) is 5.52. The number of carbonyl (C=O) groups excluding carboxylic acids is 2. The summed E-state index contributed by atoms with van der Waals surface area (Å²) in [6.07, 6.45) is 5.09. The highest BCUT2D eigenvalue weighted by Crippen LogP contribution is 2.87. The number of anilines is 1. The van der Waals surface area contributed by atoms with Crippen molar-refractivity contribution in [3.63, 3.8) is 0 Å². The Morgan fingerprint density at radius 3 is 2.52 bits per heavy atom. The summed E-state index contributed by atoms with van der Waals surface area (Å²) in [4.78, 5) is 33.1. The van der Waals surface area contributed by atoms with E-state index in [0.29, 0.717) is 18.7 Å². The molecule has 4 heterocycles. The molecule has 2 saturated carbocycles. The van der Waals surface area contributed by atoms with Crippen LogP contribution in [0, 0.1) is 16.6 Å². The number of piperidine rings is 1. The maximum absolute atomic E-state index is 15.1. The monoisotopic (exact) mass is 458 g/mol. The van der Waals surface area contributed by atoms with E-state index in [1.54, 1.807) is 19.9 Å². The maximum atomic E-state index is 15.1. The van der Waals surface area contributed by atoms with E-state index in [4.69, 9.17) is 19.2 Å². The summed E-state index contributed by atoms with van der Waals surface area (Å²) in [5.41, 5.74) is -0.388. The lowest BCUT2D eigenvalue weighted by molar-refractivity contribution is -0.180. The van der Waals surface area contributed by atoms with Crippen molar-refractivity contribution in [3.05, 3.63) is 23.1 Å². The van der Waals surface area contributed by atoms with Crippen molar-refractivity contribution in [1.82, 2.24) is 4.98 Å². The summed E-state index contributed by atoms with van der Waals surface area (Å²) >= 11 is 0. The zero-order chi connectivity index (χ0) is 23.0. The lowest BCUT2D eigenvalue weighted by Gasteiger charge is -2.37. The summed E-state index contributed by atoms with van der Waals surface area (Å²) in [5, 5.41) is 0. The minimum absolute atomic E-state index is 0.0279. The molecule has 8 heteroatoms. The molecule has 0 radical (unpaired) electrons. The van der Waals surface area contributed by atoms with Crippen LogP contribution in [0.1, 0.15) is 82.1 Å². The van der Waals surface area contributed by atoms with Gasteiger partial charge in [0, 0.05) is 36.4 Å². The Hall–Kier alpha value is -2.22. The number of esters is 2. The van der Waals surface area contributed by atoms with Crippen LogP contribution in [0.4, 0.5) is 10.2 Å². The van der Waals surface area contributed by atoms with Gasteiger partial charge in [0.15, 0.2) is 17.1 Å². The van der Waals surface area contributed by atoms with Crippen LogP contribution in [0.25, 0.3) is 0 Å². The number of hydrogen-bond donors (Lipinski definition) is 0. The Bertz CT molecular complexity index is 1010. The second kappa shape index (κ2) is 7.14. The first kappa shape index (κ1) is 21.3. The number of aromatic nitrogens is 1. The molecule has 3 aliphatic carbocycles. The zero-order valence-corrected chi connectivity index (χ0v) is 19.3. The van der Waals surface area contributed by atoms with Gasteiger partial charge in [0.1, 0.15) is 0 Å². The minimum Gasteiger partial charge on any atom is -0.465 e. The average molecular weight is 459 g/mol. The lowest BCUT2D eigenvalue weighted by atomic mass is 9.68. The van der Waals surface area contributed by atoms with Crippen LogP contribution in [0.15, 0.2) is 6.07 Å². The molecule has 2 saturated heterocycles. The second-order valence-electron chi connectivity index (χ2n) is 10.3. The van der Waals surface area contributed by atoms with Gasteiger partial charge in [-0.2, -0.15) is 0 Å². The molecule has 0 aromatic carbocycles. The molecule has 0 unspecified atom stereocenters. The molecule has 178 valence electrons. The van der Waals surface area contributed by atoms with Gasteiger partial charge in [0.05, 0.1) is 30.6 Å². The van der Waals surface area contributed by atoms with Gasteiger partial charge in [0.25, 0.3) is 0 Å². The van der Waals surface area contributed by atoms with Crippen molar-refractivity contribution in [2.75, 3.05) is 31.2 Å². The molecular weight excluding hydrogens is 427 g/mol. The van der Waals surface area contributed by atoms with Crippen LogP contribution in [0.2, 0.25) is 0 Å². The van der Waals surface area contributed by atoms with Crippen LogP contribution >= 0.6 is 0 Å². The first-order valence-electron chi connectivity index (χ1n) is 12.4. The lowest BCUT2D eigenvalue weighted by Crippen LogP contribution is -2.49. The van der Waals surface area contributed by atoms with E-state index in [2.05, 4.69) is 4.90 Å². The van der Waals surface area contributed by atoms with Gasteiger partial charge in [-0.1, -0.05) is 0 Å².